The van der Waals surface area contributed by atoms with Crippen LogP contribution in [0.3, 0.4) is 0 Å². The molecule has 0 aromatic carbocycles. The highest BCUT2D eigenvalue weighted by molar-refractivity contribution is 5.90. The minimum absolute atomic E-state index is 0.121. The van der Waals surface area contributed by atoms with E-state index in [1.54, 1.807) is 6.92 Å². The van der Waals surface area contributed by atoms with Gasteiger partial charge in [-0.3, -0.25) is 9.79 Å². The Morgan fingerprint density at radius 3 is 3.14 bits per heavy atom. The molecule has 0 radical (unpaired) electrons. The van der Waals surface area contributed by atoms with E-state index in [0.29, 0.717) is 25.1 Å². The SMILES string of the molecule is C[C@H](CC#N)NC(=O)[C@@H]1CCC(N)=N1. The van der Waals surface area contributed by atoms with Gasteiger partial charge in [-0.25, -0.2) is 0 Å². The van der Waals surface area contributed by atoms with Crippen LogP contribution in [0.1, 0.15) is 26.2 Å². The Bertz CT molecular complexity index is 292. The van der Waals surface area contributed by atoms with Crippen LogP contribution in [-0.4, -0.2) is 23.8 Å². The summed E-state index contributed by atoms with van der Waals surface area (Å²) in [7, 11) is 0. The second kappa shape index (κ2) is 4.61. The Kier molecular flexibility index (Phi) is 3.46. The van der Waals surface area contributed by atoms with Crippen LogP contribution in [-0.2, 0) is 4.79 Å². The highest BCUT2D eigenvalue weighted by atomic mass is 16.2. The topological polar surface area (TPSA) is 91.3 Å². The molecule has 1 aliphatic heterocycles. The van der Waals surface area contributed by atoms with Gasteiger partial charge in [-0.15, -0.1) is 0 Å². The van der Waals surface area contributed by atoms with Gasteiger partial charge in [0.1, 0.15) is 6.04 Å². The van der Waals surface area contributed by atoms with Crippen molar-refractivity contribution in [2.24, 2.45) is 10.7 Å². The summed E-state index contributed by atoms with van der Waals surface area (Å²) in [4.78, 5) is 15.5. The number of nitrogens with two attached hydrogens (primary N) is 1. The first kappa shape index (κ1) is 10.5. The molecule has 5 nitrogen and oxygen atoms in total. The molecule has 3 N–H and O–H groups in total. The zero-order valence-corrected chi connectivity index (χ0v) is 8.16. The lowest BCUT2D eigenvalue weighted by Crippen LogP contribution is -2.38. The van der Waals surface area contributed by atoms with E-state index in [9.17, 15) is 4.79 Å². The van der Waals surface area contributed by atoms with E-state index in [0.717, 1.165) is 0 Å². The van der Waals surface area contributed by atoms with Crippen LogP contribution in [0.25, 0.3) is 0 Å². The molecule has 0 aliphatic carbocycles. The van der Waals surface area contributed by atoms with Crippen molar-refractivity contribution in [2.75, 3.05) is 0 Å². The summed E-state index contributed by atoms with van der Waals surface area (Å²) >= 11 is 0. The number of rotatable bonds is 3. The molecule has 76 valence electrons. The van der Waals surface area contributed by atoms with E-state index in [4.69, 9.17) is 11.0 Å². The molecular weight excluding hydrogens is 180 g/mol. The second-order valence-corrected chi connectivity index (χ2v) is 3.45. The summed E-state index contributed by atoms with van der Waals surface area (Å²) in [6, 6.07) is 1.53. The Morgan fingerprint density at radius 1 is 1.93 bits per heavy atom. The molecule has 0 saturated heterocycles. The van der Waals surface area contributed by atoms with E-state index in [1.807, 2.05) is 6.07 Å². The predicted octanol–water partition coefficient (Wildman–Crippen LogP) is -0.0756. The van der Waals surface area contributed by atoms with Gasteiger partial charge in [-0.05, 0) is 13.3 Å². The third kappa shape index (κ3) is 2.73. The lowest BCUT2D eigenvalue weighted by molar-refractivity contribution is -0.122. The van der Waals surface area contributed by atoms with Crippen LogP contribution in [0.4, 0.5) is 0 Å². The maximum Gasteiger partial charge on any atom is 0.245 e. The normalized spacial score (nSPS) is 22.3. The minimum Gasteiger partial charge on any atom is -0.387 e. The molecule has 0 bridgehead atoms. The Balaban J connectivity index is 2.40. The average Bonchev–Trinajstić information content (AvgIpc) is 2.52. The van der Waals surface area contributed by atoms with Crippen LogP contribution >= 0.6 is 0 Å². The molecule has 1 heterocycles. The van der Waals surface area contributed by atoms with Crippen molar-refractivity contribution < 1.29 is 4.79 Å². The number of carbonyl (C=O) groups is 1. The maximum atomic E-state index is 11.5. The standard InChI is InChI=1S/C9H14N4O/c1-6(4-5-10)12-9(14)7-2-3-8(11)13-7/h6-7H,2-4H2,1H3,(H2,11,13)(H,12,14)/t6-,7+/m1/s1. The molecule has 14 heavy (non-hydrogen) atoms. The number of nitriles is 1. The van der Waals surface area contributed by atoms with Gasteiger partial charge >= 0.3 is 0 Å². The number of carbonyl (C=O) groups excluding carboxylic acids is 1. The Hall–Kier alpha value is -1.57. The maximum absolute atomic E-state index is 11.5. The van der Waals surface area contributed by atoms with Gasteiger partial charge in [-0.1, -0.05) is 0 Å². The quantitative estimate of drug-likeness (QED) is 0.658. The van der Waals surface area contributed by atoms with Gasteiger partial charge in [0.05, 0.1) is 18.3 Å². The number of amides is 1. The fraction of sp³-hybridized carbons (Fsp3) is 0.667. The van der Waals surface area contributed by atoms with E-state index in [1.165, 1.54) is 0 Å². The third-order valence-electron chi connectivity index (χ3n) is 2.08. The van der Waals surface area contributed by atoms with Crippen molar-refractivity contribution in [3.8, 4) is 6.07 Å². The minimum atomic E-state index is -0.351. The molecule has 5 heteroatoms. The lowest BCUT2D eigenvalue weighted by Gasteiger charge is -2.12. The first-order valence-electron chi connectivity index (χ1n) is 4.63. The Labute approximate surface area is 83.0 Å². The zero-order valence-electron chi connectivity index (χ0n) is 8.16. The number of hydrogen-bond acceptors (Lipinski definition) is 4. The van der Waals surface area contributed by atoms with Gasteiger partial charge in [0.25, 0.3) is 0 Å². The van der Waals surface area contributed by atoms with Crippen LogP contribution < -0.4 is 11.1 Å². The van der Waals surface area contributed by atoms with Gasteiger partial charge in [0.15, 0.2) is 0 Å². The largest absolute Gasteiger partial charge is 0.387 e. The Morgan fingerprint density at radius 2 is 2.64 bits per heavy atom. The number of aliphatic imine (C=N–C) groups is 1. The van der Waals surface area contributed by atoms with Crippen LogP contribution in [0.2, 0.25) is 0 Å². The molecular formula is C9H14N4O. The van der Waals surface area contributed by atoms with Crippen molar-refractivity contribution in [2.45, 2.75) is 38.3 Å². The predicted molar refractivity (Wildman–Crippen MR) is 52.5 cm³/mol. The summed E-state index contributed by atoms with van der Waals surface area (Å²) in [6.07, 6.45) is 1.68. The zero-order chi connectivity index (χ0) is 10.6. The number of nitrogens with zero attached hydrogens (tertiary/aromatic N) is 2. The van der Waals surface area contributed by atoms with Gasteiger partial charge in [0, 0.05) is 12.5 Å². The van der Waals surface area contributed by atoms with Crippen molar-refractivity contribution in [3.05, 3.63) is 0 Å². The molecule has 1 amide bonds. The second-order valence-electron chi connectivity index (χ2n) is 3.45. The lowest BCUT2D eigenvalue weighted by atomic mass is 10.2. The smallest absolute Gasteiger partial charge is 0.245 e. The van der Waals surface area contributed by atoms with Crippen LogP contribution in [0, 0.1) is 11.3 Å². The molecule has 0 aromatic heterocycles. The van der Waals surface area contributed by atoms with E-state index in [-0.39, 0.29) is 18.0 Å². The third-order valence-corrected chi connectivity index (χ3v) is 2.08. The number of nitrogens with one attached hydrogen (secondary N) is 1. The van der Waals surface area contributed by atoms with Crippen molar-refractivity contribution in [1.82, 2.24) is 5.32 Å². The number of amidine groups is 1. The fourth-order valence-corrected chi connectivity index (χ4v) is 1.33. The summed E-state index contributed by atoms with van der Waals surface area (Å²) in [5, 5.41) is 11.1. The molecule has 0 aromatic rings. The molecule has 1 rings (SSSR count). The molecule has 0 fully saturated rings. The monoisotopic (exact) mass is 194 g/mol. The molecule has 0 spiro atoms. The average molecular weight is 194 g/mol. The summed E-state index contributed by atoms with van der Waals surface area (Å²) in [5.74, 6) is 0.409. The first-order chi connectivity index (χ1) is 6.63. The van der Waals surface area contributed by atoms with Gasteiger partial charge < -0.3 is 11.1 Å². The van der Waals surface area contributed by atoms with Gasteiger partial charge in [-0.2, -0.15) is 5.26 Å². The highest BCUT2D eigenvalue weighted by Gasteiger charge is 2.23. The molecule has 1 aliphatic rings. The molecule has 0 unspecified atom stereocenters. The van der Waals surface area contributed by atoms with Crippen molar-refractivity contribution in [3.63, 3.8) is 0 Å². The van der Waals surface area contributed by atoms with E-state index in [2.05, 4.69) is 10.3 Å². The van der Waals surface area contributed by atoms with E-state index < -0.39 is 0 Å². The highest BCUT2D eigenvalue weighted by Crippen LogP contribution is 2.11. The van der Waals surface area contributed by atoms with Crippen LogP contribution in [0.15, 0.2) is 4.99 Å². The fourth-order valence-electron chi connectivity index (χ4n) is 1.33. The summed E-state index contributed by atoms with van der Waals surface area (Å²) < 4.78 is 0. The summed E-state index contributed by atoms with van der Waals surface area (Å²) in [5.41, 5.74) is 5.47. The van der Waals surface area contributed by atoms with Gasteiger partial charge in [0.2, 0.25) is 5.91 Å². The van der Waals surface area contributed by atoms with Crippen molar-refractivity contribution >= 4 is 11.7 Å². The van der Waals surface area contributed by atoms with Crippen LogP contribution in [0.5, 0.6) is 0 Å². The van der Waals surface area contributed by atoms with Crippen molar-refractivity contribution in [1.29, 1.82) is 5.26 Å². The molecule has 2 atom stereocenters. The molecule has 0 saturated carbocycles. The first-order valence-corrected chi connectivity index (χ1v) is 4.63. The van der Waals surface area contributed by atoms with E-state index >= 15 is 0 Å². The summed E-state index contributed by atoms with van der Waals surface area (Å²) in [6.45, 7) is 1.79. The number of hydrogen-bond donors (Lipinski definition) is 2.